The van der Waals surface area contributed by atoms with E-state index in [-0.39, 0.29) is 5.50 Å². The van der Waals surface area contributed by atoms with Crippen LogP contribution in [0.4, 0.5) is 0 Å². The van der Waals surface area contributed by atoms with Gasteiger partial charge in [0.05, 0.1) is 0 Å². The van der Waals surface area contributed by atoms with Crippen LogP contribution in [0.5, 0.6) is 0 Å². The van der Waals surface area contributed by atoms with E-state index in [2.05, 4.69) is 0 Å². The Morgan fingerprint density at radius 1 is 1.40 bits per heavy atom. The van der Waals surface area contributed by atoms with Gasteiger partial charge in [-0.25, -0.2) is 0 Å². The van der Waals surface area contributed by atoms with Crippen LogP contribution in [0.3, 0.4) is 0 Å². The SMILES string of the molecule is CBOC(C)(C)BOCC. The van der Waals surface area contributed by atoms with Crippen molar-refractivity contribution in [3.63, 3.8) is 0 Å². The average Bonchev–Trinajstić information content (AvgIpc) is 1.84. The fraction of sp³-hybridized carbons (Fsp3) is 1.00. The van der Waals surface area contributed by atoms with Gasteiger partial charge in [-0.2, -0.15) is 0 Å². The van der Waals surface area contributed by atoms with Gasteiger partial charge in [-0.05, 0) is 20.8 Å². The molecule has 4 heteroatoms. The lowest BCUT2D eigenvalue weighted by Crippen LogP contribution is -2.34. The van der Waals surface area contributed by atoms with Crippen molar-refractivity contribution >= 4 is 15.0 Å². The van der Waals surface area contributed by atoms with Gasteiger partial charge in [0.2, 0.25) is 0 Å². The van der Waals surface area contributed by atoms with Gasteiger partial charge in [0.1, 0.15) is 0 Å². The van der Waals surface area contributed by atoms with Crippen molar-refractivity contribution in [2.24, 2.45) is 0 Å². The summed E-state index contributed by atoms with van der Waals surface area (Å²) in [4.78, 5) is 0. The summed E-state index contributed by atoms with van der Waals surface area (Å²) >= 11 is 0. The van der Waals surface area contributed by atoms with E-state index in [4.69, 9.17) is 9.31 Å². The molecule has 0 amide bonds. The lowest BCUT2D eigenvalue weighted by Gasteiger charge is -2.22. The van der Waals surface area contributed by atoms with Gasteiger partial charge >= 0.3 is 7.48 Å². The molecule has 0 aromatic rings. The summed E-state index contributed by atoms with van der Waals surface area (Å²) in [6, 6.07) is 0. The Balaban J connectivity index is 3.42. The highest BCUT2D eigenvalue weighted by Gasteiger charge is 2.19. The van der Waals surface area contributed by atoms with Crippen LogP contribution in [0.1, 0.15) is 20.8 Å². The van der Waals surface area contributed by atoms with Gasteiger partial charge in [0, 0.05) is 12.1 Å². The molecule has 0 spiro atoms. The Hall–Kier alpha value is 0.0499. The highest BCUT2D eigenvalue weighted by atomic mass is 16.5. The minimum Gasteiger partial charge on any atom is -0.439 e. The first-order valence-electron chi connectivity index (χ1n) is 3.84. The molecule has 0 bridgehead atoms. The first-order chi connectivity index (χ1) is 4.62. The number of hydrogen-bond donors (Lipinski definition) is 0. The largest absolute Gasteiger partial charge is 0.439 e. The van der Waals surface area contributed by atoms with E-state index in [9.17, 15) is 0 Å². The van der Waals surface area contributed by atoms with Crippen molar-refractivity contribution in [3.05, 3.63) is 0 Å². The third kappa shape index (κ3) is 4.89. The second-order valence-corrected chi connectivity index (χ2v) is 2.83. The maximum atomic E-state index is 5.41. The molecule has 2 nitrogen and oxygen atoms in total. The minimum atomic E-state index is -0.120. The summed E-state index contributed by atoms with van der Waals surface area (Å²) in [7, 11) is 1.43. The molecule has 0 aromatic carbocycles. The summed E-state index contributed by atoms with van der Waals surface area (Å²) in [6.45, 7) is 8.81. The van der Waals surface area contributed by atoms with Crippen molar-refractivity contribution in [2.75, 3.05) is 6.61 Å². The molecule has 58 valence electrons. The molecule has 0 aliphatic rings. The molecule has 0 atom stereocenters. The Morgan fingerprint density at radius 3 is 2.40 bits per heavy atom. The Kier molecular flexibility index (Phi) is 4.83. The molecule has 0 aromatic heterocycles. The first-order valence-corrected chi connectivity index (χ1v) is 3.84. The molecule has 0 heterocycles. The quantitative estimate of drug-likeness (QED) is 0.521. The Bertz CT molecular complexity index is 85.8. The van der Waals surface area contributed by atoms with Crippen molar-refractivity contribution in [3.8, 4) is 0 Å². The van der Waals surface area contributed by atoms with Crippen molar-refractivity contribution < 1.29 is 9.31 Å². The fourth-order valence-electron chi connectivity index (χ4n) is 0.780. The first kappa shape index (κ1) is 10.0. The molecular formula is C6H16B2O2. The molecule has 0 radical (unpaired) electrons. The van der Waals surface area contributed by atoms with Crippen LogP contribution in [-0.2, 0) is 9.31 Å². The Morgan fingerprint density at radius 2 is 2.00 bits per heavy atom. The van der Waals surface area contributed by atoms with Crippen molar-refractivity contribution in [1.29, 1.82) is 0 Å². The van der Waals surface area contributed by atoms with Crippen LogP contribution in [0.25, 0.3) is 0 Å². The summed E-state index contributed by atoms with van der Waals surface area (Å²) in [5, 5.41) is 0. The van der Waals surface area contributed by atoms with E-state index in [0.717, 1.165) is 14.1 Å². The van der Waals surface area contributed by atoms with Gasteiger partial charge in [0.15, 0.2) is 0 Å². The maximum Gasteiger partial charge on any atom is 0.305 e. The van der Waals surface area contributed by atoms with Gasteiger partial charge < -0.3 is 9.31 Å². The molecule has 0 aliphatic heterocycles. The second kappa shape index (κ2) is 4.80. The van der Waals surface area contributed by atoms with Crippen LogP contribution < -0.4 is 0 Å². The van der Waals surface area contributed by atoms with E-state index in [1.54, 1.807) is 0 Å². The van der Waals surface area contributed by atoms with Crippen molar-refractivity contribution in [1.82, 2.24) is 0 Å². The van der Waals surface area contributed by atoms with Gasteiger partial charge in [-0.15, -0.1) is 0 Å². The molecular weight excluding hydrogens is 126 g/mol. The molecule has 0 saturated heterocycles. The average molecular weight is 142 g/mol. The normalized spacial score (nSPS) is 11.2. The van der Waals surface area contributed by atoms with Gasteiger partial charge in [-0.3, -0.25) is 0 Å². The van der Waals surface area contributed by atoms with E-state index < -0.39 is 0 Å². The second-order valence-electron chi connectivity index (χ2n) is 2.83. The Labute approximate surface area is 64.8 Å². The van der Waals surface area contributed by atoms with Crippen LogP contribution in [0, 0.1) is 0 Å². The van der Waals surface area contributed by atoms with Crippen LogP contribution >= 0.6 is 0 Å². The summed E-state index contributed by atoms with van der Waals surface area (Å²) in [5.74, 6) is 0. The van der Waals surface area contributed by atoms with E-state index in [1.165, 1.54) is 0 Å². The lowest BCUT2D eigenvalue weighted by atomic mass is 9.76. The highest BCUT2D eigenvalue weighted by Crippen LogP contribution is 2.05. The fourth-order valence-corrected chi connectivity index (χ4v) is 0.780. The van der Waals surface area contributed by atoms with E-state index >= 15 is 0 Å². The monoisotopic (exact) mass is 142 g/mol. The predicted molar refractivity (Wildman–Crippen MR) is 47.0 cm³/mol. The third-order valence-corrected chi connectivity index (χ3v) is 1.19. The highest BCUT2D eigenvalue weighted by molar-refractivity contribution is 6.34. The van der Waals surface area contributed by atoms with Gasteiger partial charge in [0.25, 0.3) is 7.48 Å². The third-order valence-electron chi connectivity index (χ3n) is 1.19. The molecule has 0 unspecified atom stereocenters. The predicted octanol–water partition coefficient (Wildman–Crippen LogP) is 0.527. The zero-order valence-electron chi connectivity index (χ0n) is 7.44. The summed E-state index contributed by atoms with van der Waals surface area (Å²) in [5.41, 5.74) is -0.120. The zero-order valence-corrected chi connectivity index (χ0v) is 7.44. The number of hydrogen-bond acceptors (Lipinski definition) is 2. The molecule has 10 heavy (non-hydrogen) atoms. The molecule has 0 rings (SSSR count). The van der Waals surface area contributed by atoms with Gasteiger partial charge in [-0.1, -0.05) is 6.82 Å². The molecule has 0 N–H and O–H groups in total. The minimum absolute atomic E-state index is 0.120. The summed E-state index contributed by atoms with van der Waals surface area (Å²) in [6.07, 6.45) is 0. The lowest BCUT2D eigenvalue weighted by molar-refractivity contribution is 0.176. The van der Waals surface area contributed by atoms with E-state index in [1.807, 2.05) is 27.6 Å². The maximum absolute atomic E-state index is 5.41. The topological polar surface area (TPSA) is 18.5 Å². The summed E-state index contributed by atoms with van der Waals surface area (Å²) < 4.78 is 10.6. The van der Waals surface area contributed by atoms with Crippen molar-refractivity contribution in [2.45, 2.75) is 33.1 Å². The standard InChI is InChI=1S/C6H16B2O2/c1-5-9-8-6(2,3)10-7-4/h7-8H,5H2,1-4H3. The van der Waals surface area contributed by atoms with E-state index in [0.29, 0.717) is 7.48 Å². The van der Waals surface area contributed by atoms with Crippen LogP contribution in [0.15, 0.2) is 0 Å². The van der Waals surface area contributed by atoms with Crippen LogP contribution in [0.2, 0.25) is 6.82 Å². The number of rotatable bonds is 5. The van der Waals surface area contributed by atoms with Crippen LogP contribution in [-0.4, -0.2) is 27.1 Å². The zero-order chi connectivity index (χ0) is 8.04. The molecule has 0 aliphatic carbocycles. The smallest absolute Gasteiger partial charge is 0.305 e. The molecule has 0 saturated carbocycles. The molecule has 0 fully saturated rings.